The number of amides is 1. The van der Waals surface area contributed by atoms with Crippen molar-refractivity contribution >= 4 is 41.1 Å². The summed E-state index contributed by atoms with van der Waals surface area (Å²) in [7, 11) is 0. The molecule has 0 aliphatic carbocycles. The average Bonchev–Trinajstić information content (AvgIpc) is 2.97. The van der Waals surface area contributed by atoms with E-state index in [4.69, 9.17) is 38.7 Å². The zero-order chi connectivity index (χ0) is 21.0. The Morgan fingerprint density at radius 2 is 1.86 bits per heavy atom. The predicted molar refractivity (Wildman–Crippen MR) is 115 cm³/mol. The van der Waals surface area contributed by atoms with Crippen molar-refractivity contribution in [3.05, 3.63) is 69.9 Å². The lowest BCUT2D eigenvalue weighted by atomic mass is 10.1. The number of rotatable bonds is 7. The number of imidazole rings is 1. The van der Waals surface area contributed by atoms with Gasteiger partial charge in [-0.05, 0) is 41.8 Å². The van der Waals surface area contributed by atoms with E-state index in [9.17, 15) is 4.79 Å². The van der Waals surface area contributed by atoms with E-state index in [1.165, 1.54) is 11.8 Å². The molecule has 152 valence electrons. The maximum atomic E-state index is 11.2. The topological polar surface area (TPSA) is 83.0 Å². The highest BCUT2D eigenvalue weighted by atomic mass is 35.5. The first-order valence-electron chi connectivity index (χ1n) is 8.88. The molecule has 0 spiro atoms. The van der Waals surface area contributed by atoms with E-state index in [1.54, 1.807) is 18.5 Å². The van der Waals surface area contributed by atoms with Crippen molar-refractivity contribution in [3.63, 3.8) is 0 Å². The summed E-state index contributed by atoms with van der Waals surface area (Å²) in [6.45, 7) is 4.73. The Labute approximate surface area is 183 Å². The molecule has 2 aromatic heterocycles. The maximum Gasteiger partial charge on any atom is 0.404 e. The predicted octanol–water partition coefficient (Wildman–Crippen LogP) is 5.50. The number of nitrogens with two attached hydrogens (primary N) is 1. The van der Waals surface area contributed by atoms with Crippen molar-refractivity contribution in [2.45, 2.75) is 42.8 Å². The van der Waals surface area contributed by atoms with Gasteiger partial charge < -0.3 is 15.0 Å². The van der Waals surface area contributed by atoms with Gasteiger partial charge in [-0.3, -0.25) is 4.98 Å². The fourth-order valence-electron chi connectivity index (χ4n) is 2.92. The van der Waals surface area contributed by atoms with E-state index in [-0.39, 0.29) is 12.5 Å². The third-order valence-electron chi connectivity index (χ3n) is 4.08. The molecule has 1 aromatic carbocycles. The molecule has 0 unspecified atom stereocenters. The average molecular weight is 451 g/mol. The minimum Gasteiger partial charge on any atom is -0.442 e. The van der Waals surface area contributed by atoms with Gasteiger partial charge in [-0.2, -0.15) is 0 Å². The first-order chi connectivity index (χ1) is 13.8. The summed E-state index contributed by atoms with van der Waals surface area (Å²) in [5.41, 5.74) is 7.24. The molecule has 0 saturated heterocycles. The van der Waals surface area contributed by atoms with Crippen LogP contribution in [0.2, 0.25) is 10.0 Å². The van der Waals surface area contributed by atoms with E-state index in [1.807, 2.05) is 24.3 Å². The Bertz CT molecular complexity index is 989. The lowest BCUT2D eigenvalue weighted by Crippen LogP contribution is -2.16. The Morgan fingerprint density at radius 3 is 2.45 bits per heavy atom. The normalized spacial score (nSPS) is 11.1. The largest absolute Gasteiger partial charge is 0.442 e. The van der Waals surface area contributed by atoms with Gasteiger partial charge in [0.2, 0.25) is 0 Å². The SMILES string of the molecule is CC(C)c1c(Sc2cc(Cl)cc(Cl)c2)nc(COC(N)=O)n1Cc1ccncc1. The Kier molecular flexibility index (Phi) is 7.05. The summed E-state index contributed by atoms with van der Waals surface area (Å²) < 4.78 is 7.09. The number of nitrogens with zero attached hydrogens (tertiary/aromatic N) is 3. The number of pyridine rings is 1. The van der Waals surface area contributed by atoms with Crippen molar-refractivity contribution in [3.8, 4) is 0 Å². The monoisotopic (exact) mass is 450 g/mol. The van der Waals surface area contributed by atoms with Crippen LogP contribution in [0.1, 0.15) is 36.8 Å². The second kappa shape index (κ2) is 9.52. The zero-order valence-electron chi connectivity index (χ0n) is 15.9. The molecule has 0 saturated carbocycles. The second-order valence-corrected chi connectivity index (χ2v) is 8.56. The van der Waals surface area contributed by atoms with Gasteiger partial charge in [0.05, 0.1) is 5.69 Å². The van der Waals surface area contributed by atoms with Crippen LogP contribution in [0.5, 0.6) is 0 Å². The summed E-state index contributed by atoms with van der Waals surface area (Å²) in [5.74, 6) is 0.781. The number of ether oxygens (including phenoxy) is 1. The molecule has 0 aliphatic heterocycles. The summed E-state index contributed by atoms with van der Waals surface area (Å²) >= 11 is 13.8. The summed E-state index contributed by atoms with van der Waals surface area (Å²) in [6.07, 6.45) is 2.64. The van der Waals surface area contributed by atoms with Crippen LogP contribution in [-0.4, -0.2) is 20.6 Å². The molecule has 0 bridgehead atoms. The smallest absolute Gasteiger partial charge is 0.404 e. The molecule has 3 rings (SSSR count). The molecule has 2 N–H and O–H groups in total. The molecular formula is C20H20Cl2N4O2S. The number of hydrogen-bond acceptors (Lipinski definition) is 5. The van der Waals surface area contributed by atoms with Crippen LogP contribution >= 0.6 is 35.0 Å². The summed E-state index contributed by atoms with van der Waals surface area (Å²) in [4.78, 5) is 20.8. The van der Waals surface area contributed by atoms with Crippen molar-refractivity contribution in [1.82, 2.24) is 14.5 Å². The molecular weight excluding hydrogens is 431 g/mol. The number of primary amides is 1. The minimum atomic E-state index is -0.842. The van der Waals surface area contributed by atoms with Crippen molar-refractivity contribution < 1.29 is 9.53 Å². The number of carbonyl (C=O) groups is 1. The summed E-state index contributed by atoms with van der Waals surface area (Å²) in [6, 6.07) is 9.23. The highest BCUT2D eigenvalue weighted by Gasteiger charge is 2.22. The molecule has 0 radical (unpaired) electrons. The maximum absolute atomic E-state index is 11.2. The van der Waals surface area contributed by atoms with Crippen molar-refractivity contribution in [1.29, 1.82) is 0 Å². The first kappa shape index (κ1) is 21.5. The molecule has 1 amide bonds. The van der Waals surface area contributed by atoms with Gasteiger partial charge in [-0.25, -0.2) is 9.78 Å². The number of carbonyl (C=O) groups excluding carboxylic acids is 1. The molecule has 29 heavy (non-hydrogen) atoms. The van der Waals surface area contributed by atoms with Crippen molar-refractivity contribution in [2.24, 2.45) is 5.73 Å². The molecule has 9 heteroatoms. The third kappa shape index (κ3) is 5.65. The van der Waals surface area contributed by atoms with Gasteiger partial charge in [0.1, 0.15) is 10.9 Å². The molecule has 0 atom stereocenters. The van der Waals surface area contributed by atoms with E-state index in [2.05, 4.69) is 23.4 Å². The van der Waals surface area contributed by atoms with Crippen LogP contribution in [0.4, 0.5) is 4.79 Å². The van der Waals surface area contributed by atoms with Gasteiger partial charge >= 0.3 is 6.09 Å². The molecule has 6 nitrogen and oxygen atoms in total. The van der Waals surface area contributed by atoms with Crippen molar-refractivity contribution in [2.75, 3.05) is 0 Å². The van der Waals surface area contributed by atoms with E-state index < -0.39 is 6.09 Å². The van der Waals surface area contributed by atoms with Gasteiger partial charge in [0.25, 0.3) is 0 Å². The van der Waals surface area contributed by atoms with Gasteiger partial charge in [-0.1, -0.05) is 48.8 Å². The van der Waals surface area contributed by atoms with Crippen LogP contribution in [0, 0.1) is 0 Å². The van der Waals surface area contributed by atoms with Gasteiger partial charge in [-0.15, -0.1) is 0 Å². The molecule has 0 aliphatic rings. The second-order valence-electron chi connectivity index (χ2n) is 6.63. The van der Waals surface area contributed by atoms with E-state index in [0.29, 0.717) is 22.4 Å². The van der Waals surface area contributed by atoms with E-state index in [0.717, 1.165) is 21.2 Å². The number of aromatic nitrogens is 3. The standard InChI is InChI=1S/C20H20Cl2N4O2S/c1-12(2)18-19(29-16-8-14(21)7-15(22)9-16)25-17(11-28-20(23)27)26(18)10-13-3-5-24-6-4-13/h3-9,12H,10-11H2,1-2H3,(H2,23,27). The van der Waals surface area contributed by atoms with Gasteiger partial charge in [0.15, 0.2) is 6.61 Å². The van der Waals surface area contributed by atoms with Crippen LogP contribution in [0.15, 0.2) is 52.6 Å². The van der Waals surface area contributed by atoms with Crippen LogP contribution in [0.3, 0.4) is 0 Å². The zero-order valence-corrected chi connectivity index (χ0v) is 18.3. The molecule has 3 aromatic rings. The number of halogens is 2. The number of hydrogen-bond donors (Lipinski definition) is 1. The molecule has 2 heterocycles. The van der Waals surface area contributed by atoms with Crippen LogP contribution in [-0.2, 0) is 17.9 Å². The quantitative estimate of drug-likeness (QED) is 0.513. The lowest BCUT2D eigenvalue weighted by molar-refractivity contribution is 0.146. The Hall–Kier alpha value is -2.22. The first-order valence-corrected chi connectivity index (χ1v) is 10.4. The fraction of sp³-hybridized carbons (Fsp3) is 0.250. The highest BCUT2D eigenvalue weighted by Crippen LogP contribution is 2.37. The fourth-order valence-corrected chi connectivity index (χ4v) is 4.77. The van der Waals surface area contributed by atoms with Crippen LogP contribution in [0.25, 0.3) is 0 Å². The van der Waals surface area contributed by atoms with E-state index >= 15 is 0 Å². The highest BCUT2D eigenvalue weighted by molar-refractivity contribution is 7.99. The summed E-state index contributed by atoms with van der Waals surface area (Å²) in [5, 5.41) is 1.91. The van der Waals surface area contributed by atoms with Crippen LogP contribution < -0.4 is 5.73 Å². The third-order valence-corrected chi connectivity index (χ3v) is 5.48. The minimum absolute atomic E-state index is 0.0169. The van der Waals surface area contributed by atoms with Gasteiger partial charge in [0, 0.05) is 33.9 Å². The Balaban J connectivity index is 2.04. The Morgan fingerprint density at radius 1 is 1.21 bits per heavy atom. The number of benzene rings is 1. The molecule has 0 fully saturated rings. The lowest BCUT2D eigenvalue weighted by Gasteiger charge is -2.15.